The molecule has 2 unspecified atom stereocenters. The molecule has 0 spiro atoms. The van der Waals surface area contributed by atoms with Gasteiger partial charge in [0.2, 0.25) is 0 Å². The van der Waals surface area contributed by atoms with Crippen molar-refractivity contribution >= 4 is 24.3 Å². The fourth-order valence-electron chi connectivity index (χ4n) is 6.29. The van der Waals surface area contributed by atoms with E-state index in [2.05, 4.69) is 19.2 Å². The normalized spacial score (nSPS) is 11.8. The Morgan fingerprint density at radius 1 is 0.440 bits per heavy atom. The minimum absolute atomic E-state index is 0. The van der Waals surface area contributed by atoms with E-state index in [9.17, 15) is 9.59 Å². The van der Waals surface area contributed by atoms with Gasteiger partial charge >= 0.3 is 11.9 Å². The second-order valence-electron chi connectivity index (χ2n) is 14.5. The van der Waals surface area contributed by atoms with Crippen LogP contribution in [-0.2, 0) is 9.59 Å². The molecule has 304 valence electrons. The summed E-state index contributed by atoms with van der Waals surface area (Å²) in [6.07, 6.45) is 41.2. The number of hydrogen-bond acceptors (Lipinski definition) is 4. The van der Waals surface area contributed by atoms with E-state index >= 15 is 0 Å². The number of hydrogen-bond donors (Lipinski definition) is 4. The second-order valence-corrected chi connectivity index (χ2v) is 14.5. The number of aliphatic hydroxyl groups excluding tert-OH is 1. The van der Waals surface area contributed by atoms with E-state index in [1.165, 1.54) is 167 Å². The number of nitrogens with one attached hydrogen (secondary N) is 1. The molecule has 2 atom stereocenters. The Morgan fingerprint density at radius 2 is 0.660 bits per heavy atom. The van der Waals surface area contributed by atoms with Crippen LogP contribution >= 0.6 is 12.4 Å². The molecule has 7 heteroatoms. The molecular weight excluding hydrogens is 646 g/mol. The molecule has 0 amide bonds. The third kappa shape index (κ3) is 49.3. The molecule has 0 saturated carbocycles. The highest BCUT2D eigenvalue weighted by Gasteiger charge is 2.14. The molecule has 0 fully saturated rings. The SMILES string of the molecule is CCCCCCCCCCCCCCCCC(CC)C(=O)O.CCCCCCCCCCCCCCCCC(CC)C(=O)O.CNCCO.Cl. The van der Waals surface area contributed by atoms with Crippen LogP contribution in [0.3, 0.4) is 0 Å². The first-order valence-corrected chi connectivity index (χ1v) is 21.6. The number of aliphatic hydroxyl groups is 1. The minimum atomic E-state index is -0.614. The van der Waals surface area contributed by atoms with Gasteiger partial charge in [0.15, 0.2) is 0 Å². The van der Waals surface area contributed by atoms with E-state index < -0.39 is 11.9 Å². The summed E-state index contributed by atoms with van der Waals surface area (Å²) in [4.78, 5) is 21.8. The smallest absolute Gasteiger partial charge is 0.306 e. The largest absolute Gasteiger partial charge is 0.481 e. The zero-order valence-electron chi connectivity index (χ0n) is 34.3. The molecule has 0 aliphatic rings. The Balaban J connectivity index is -0.000000365. The second kappa shape index (κ2) is 50.3. The quantitative estimate of drug-likeness (QED) is 0.0477. The minimum Gasteiger partial charge on any atom is -0.481 e. The molecule has 0 aromatic heterocycles. The number of carboxylic acid groups (broad SMARTS) is 2. The first kappa shape index (κ1) is 55.9. The molecule has 0 rings (SSSR count). The summed E-state index contributed by atoms with van der Waals surface area (Å²) in [6, 6.07) is 0. The average Bonchev–Trinajstić information content (AvgIpc) is 3.09. The van der Waals surface area contributed by atoms with Gasteiger partial charge in [-0.15, -0.1) is 12.4 Å². The molecule has 0 aromatic rings. The average molecular weight is 737 g/mol. The van der Waals surface area contributed by atoms with Gasteiger partial charge in [0.1, 0.15) is 0 Å². The van der Waals surface area contributed by atoms with Crippen molar-refractivity contribution in [2.45, 2.75) is 233 Å². The van der Waals surface area contributed by atoms with Crippen LogP contribution in [0.15, 0.2) is 0 Å². The number of carboxylic acids is 2. The fourth-order valence-corrected chi connectivity index (χ4v) is 6.29. The molecule has 0 heterocycles. The first-order chi connectivity index (χ1) is 23.9. The van der Waals surface area contributed by atoms with Crippen LogP contribution < -0.4 is 5.32 Å². The van der Waals surface area contributed by atoms with E-state index in [-0.39, 0.29) is 30.8 Å². The molecule has 50 heavy (non-hydrogen) atoms. The van der Waals surface area contributed by atoms with Gasteiger partial charge in [-0.2, -0.15) is 0 Å². The highest BCUT2D eigenvalue weighted by molar-refractivity contribution is 5.85. The van der Waals surface area contributed by atoms with E-state index in [1.54, 1.807) is 7.05 Å². The van der Waals surface area contributed by atoms with E-state index in [1.807, 2.05) is 13.8 Å². The van der Waals surface area contributed by atoms with Gasteiger partial charge < -0.3 is 20.6 Å². The summed E-state index contributed by atoms with van der Waals surface area (Å²) in [7, 11) is 1.80. The number of unbranched alkanes of at least 4 members (excludes halogenated alkanes) is 26. The molecule has 0 saturated heterocycles. The van der Waals surface area contributed by atoms with Crippen LogP contribution in [0, 0.1) is 11.8 Å². The van der Waals surface area contributed by atoms with Gasteiger partial charge in [-0.25, -0.2) is 0 Å². The fraction of sp³-hybridized carbons (Fsp3) is 0.953. The number of carbonyl (C=O) groups is 2. The maximum absolute atomic E-state index is 10.9. The van der Waals surface area contributed by atoms with Crippen molar-refractivity contribution < 1.29 is 24.9 Å². The summed E-state index contributed by atoms with van der Waals surface area (Å²) in [5.41, 5.74) is 0. The van der Waals surface area contributed by atoms with Crippen molar-refractivity contribution in [1.82, 2.24) is 5.32 Å². The Hall–Kier alpha value is -0.850. The number of rotatable bonds is 36. The van der Waals surface area contributed by atoms with Crippen molar-refractivity contribution in [3.8, 4) is 0 Å². The van der Waals surface area contributed by atoms with Gasteiger partial charge in [-0.05, 0) is 32.7 Å². The van der Waals surface area contributed by atoms with Crippen molar-refractivity contribution in [2.75, 3.05) is 20.2 Å². The van der Waals surface area contributed by atoms with E-state index in [0.717, 1.165) is 38.5 Å². The lowest BCUT2D eigenvalue weighted by Crippen LogP contribution is -2.12. The summed E-state index contributed by atoms with van der Waals surface area (Å²) < 4.78 is 0. The van der Waals surface area contributed by atoms with Crippen LogP contribution in [0.2, 0.25) is 0 Å². The highest BCUT2D eigenvalue weighted by atomic mass is 35.5. The van der Waals surface area contributed by atoms with Crippen LogP contribution in [0.4, 0.5) is 0 Å². The predicted octanol–water partition coefficient (Wildman–Crippen LogP) is 13.6. The monoisotopic (exact) mass is 736 g/mol. The van der Waals surface area contributed by atoms with Gasteiger partial charge in [-0.3, -0.25) is 9.59 Å². The number of halogens is 1. The lowest BCUT2D eigenvalue weighted by Gasteiger charge is -2.08. The van der Waals surface area contributed by atoms with Gasteiger partial charge in [0, 0.05) is 6.54 Å². The molecule has 0 aromatic carbocycles. The van der Waals surface area contributed by atoms with Gasteiger partial charge in [0.25, 0.3) is 0 Å². The molecule has 0 bridgehead atoms. The Kier molecular flexibility index (Phi) is 56.2. The predicted molar refractivity (Wildman–Crippen MR) is 221 cm³/mol. The van der Waals surface area contributed by atoms with E-state index in [4.69, 9.17) is 15.3 Å². The Bertz CT molecular complexity index is 584. The maximum Gasteiger partial charge on any atom is 0.306 e. The zero-order valence-corrected chi connectivity index (χ0v) is 35.1. The molecule has 0 aliphatic heterocycles. The number of likely N-dealkylation sites (N-methyl/N-ethyl adjacent to an activating group) is 1. The molecule has 6 nitrogen and oxygen atoms in total. The summed E-state index contributed by atoms with van der Waals surface area (Å²) in [5, 5.41) is 28.7. The summed E-state index contributed by atoms with van der Waals surface area (Å²) >= 11 is 0. The van der Waals surface area contributed by atoms with Crippen molar-refractivity contribution in [2.24, 2.45) is 11.8 Å². The van der Waals surface area contributed by atoms with Crippen LogP contribution in [0.1, 0.15) is 233 Å². The molecule has 0 aliphatic carbocycles. The summed E-state index contributed by atoms with van der Waals surface area (Å²) in [6.45, 7) is 9.42. The van der Waals surface area contributed by atoms with Crippen LogP contribution in [0.25, 0.3) is 0 Å². The third-order valence-corrected chi connectivity index (χ3v) is 9.86. The van der Waals surface area contributed by atoms with E-state index in [0.29, 0.717) is 6.54 Å². The van der Waals surface area contributed by atoms with Gasteiger partial charge in [0.05, 0.1) is 18.4 Å². The van der Waals surface area contributed by atoms with Crippen LogP contribution in [0.5, 0.6) is 0 Å². The highest BCUT2D eigenvalue weighted by Crippen LogP contribution is 2.18. The molecule has 4 N–H and O–H groups in total. The maximum atomic E-state index is 10.9. The van der Waals surface area contributed by atoms with Crippen molar-refractivity contribution in [1.29, 1.82) is 0 Å². The van der Waals surface area contributed by atoms with Crippen LogP contribution in [-0.4, -0.2) is 47.5 Å². The lowest BCUT2D eigenvalue weighted by molar-refractivity contribution is -0.143. The zero-order chi connectivity index (χ0) is 37.1. The molecule has 0 radical (unpaired) electrons. The Labute approximate surface area is 318 Å². The lowest BCUT2D eigenvalue weighted by atomic mass is 9.98. The Morgan fingerprint density at radius 3 is 0.800 bits per heavy atom. The van der Waals surface area contributed by atoms with Crippen molar-refractivity contribution in [3.63, 3.8) is 0 Å². The first-order valence-electron chi connectivity index (χ1n) is 21.6. The standard InChI is InChI=1S/2C20H40O2.C3H9NO.ClH/c2*1-3-5-6-7-8-9-10-11-12-13-14-15-16-17-18-19(4-2)20(21)22;1-4-2-3-5;/h2*19H,3-18H2,1-2H3,(H,21,22);4-5H,2-3H2,1H3;1H. The van der Waals surface area contributed by atoms with Gasteiger partial charge in [-0.1, -0.05) is 207 Å². The van der Waals surface area contributed by atoms with Crippen molar-refractivity contribution in [3.05, 3.63) is 0 Å². The topological polar surface area (TPSA) is 107 Å². The number of aliphatic carboxylic acids is 2. The third-order valence-electron chi connectivity index (χ3n) is 9.86. The molecular formula is C43H90ClNO5. The summed E-state index contributed by atoms with van der Waals surface area (Å²) in [5.74, 6) is -1.45.